The highest BCUT2D eigenvalue weighted by Gasteiger charge is 2.21. The highest BCUT2D eigenvalue weighted by molar-refractivity contribution is 6.02. The number of hydrogen-bond acceptors (Lipinski definition) is 4. The number of ether oxygens (including phenoxy) is 2. The molecular formula is C21H23NO4. The number of benzene rings is 2. The van der Waals surface area contributed by atoms with E-state index in [1.165, 1.54) is 24.7 Å². The second kappa shape index (κ2) is 8.04. The largest absolute Gasteiger partial charge is 0.481 e. The van der Waals surface area contributed by atoms with Gasteiger partial charge in [0.2, 0.25) is 0 Å². The number of methoxy groups -OCH3 is 1. The molecule has 26 heavy (non-hydrogen) atoms. The van der Waals surface area contributed by atoms with Crippen molar-refractivity contribution in [1.82, 2.24) is 0 Å². The smallest absolute Gasteiger partial charge is 0.339 e. The maximum atomic E-state index is 12.6. The fourth-order valence-electron chi connectivity index (χ4n) is 3.22. The summed E-state index contributed by atoms with van der Waals surface area (Å²) in [5.74, 6) is -0.0348. The number of amides is 1. The lowest BCUT2D eigenvalue weighted by atomic mass is 9.91. The maximum Gasteiger partial charge on any atom is 0.339 e. The summed E-state index contributed by atoms with van der Waals surface area (Å²) in [5, 5.41) is 2.76. The van der Waals surface area contributed by atoms with Crippen molar-refractivity contribution in [2.75, 3.05) is 12.4 Å². The number of para-hydroxylation sites is 1. The monoisotopic (exact) mass is 353 g/mol. The number of hydrogen-bond donors (Lipinski definition) is 1. The second-order valence-corrected chi connectivity index (χ2v) is 6.39. The minimum Gasteiger partial charge on any atom is -0.481 e. The normalized spacial score (nSPS) is 14.1. The molecular weight excluding hydrogens is 330 g/mol. The molecule has 0 radical (unpaired) electrons. The number of aryl methyl sites for hydroxylation is 1. The molecule has 136 valence electrons. The zero-order valence-corrected chi connectivity index (χ0v) is 15.1. The molecule has 0 spiro atoms. The van der Waals surface area contributed by atoms with Gasteiger partial charge < -0.3 is 14.8 Å². The van der Waals surface area contributed by atoms with E-state index in [1.807, 2.05) is 12.1 Å². The van der Waals surface area contributed by atoms with Crippen molar-refractivity contribution in [3.63, 3.8) is 0 Å². The predicted molar refractivity (Wildman–Crippen MR) is 99.6 cm³/mol. The fourth-order valence-corrected chi connectivity index (χ4v) is 3.22. The van der Waals surface area contributed by atoms with E-state index < -0.39 is 12.1 Å². The van der Waals surface area contributed by atoms with Crippen LogP contribution in [0.15, 0.2) is 42.5 Å². The Labute approximate surface area is 153 Å². The Hall–Kier alpha value is -2.82. The molecule has 0 saturated heterocycles. The van der Waals surface area contributed by atoms with Gasteiger partial charge in [0.15, 0.2) is 6.10 Å². The molecule has 0 fully saturated rings. The van der Waals surface area contributed by atoms with Crippen LogP contribution in [0.4, 0.5) is 5.69 Å². The first kappa shape index (κ1) is 18.0. The molecule has 1 unspecified atom stereocenters. The van der Waals surface area contributed by atoms with Gasteiger partial charge in [0.05, 0.1) is 18.4 Å². The molecule has 1 N–H and O–H groups in total. The van der Waals surface area contributed by atoms with Gasteiger partial charge in [0, 0.05) is 0 Å². The number of esters is 1. The van der Waals surface area contributed by atoms with Crippen LogP contribution in [0.2, 0.25) is 0 Å². The summed E-state index contributed by atoms with van der Waals surface area (Å²) in [5.41, 5.74) is 3.23. The summed E-state index contributed by atoms with van der Waals surface area (Å²) in [7, 11) is 1.31. The van der Waals surface area contributed by atoms with Crippen LogP contribution in [0.1, 0.15) is 41.3 Å². The van der Waals surface area contributed by atoms with Crippen molar-refractivity contribution < 1.29 is 19.1 Å². The van der Waals surface area contributed by atoms with E-state index in [0.29, 0.717) is 11.3 Å². The number of fused-ring (bicyclic) bond motifs is 1. The highest BCUT2D eigenvalue weighted by atomic mass is 16.5. The molecule has 5 nitrogen and oxygen atoms in total. The quantitative estimate of drug-likeness (QED) is 0.832. The Morgan fingerprint density at radius 2 is 1.81 bits per heavy atom. The van der Waals surface area contributed by atoms with Gasteiger partial charge >= 0.3 is 5.97 Å². The Balaban J connectivity index is 1.73. The molecule has 2 aromatic carbocycles. The number of nitrogens with one attached hydrogen (secondary N) is 1. The molecule has 1 aliphatic rings. The first-order chi connectivity index (χ1) is 12.6. The van der Waals surface area contributed by atoms with Gasteiger partial charge in [0.1, 0.15) is 5.75 Å². The minimum absolute atomic E-state index is 0.310. The molecule has 0 aliphatic heterocycles. The minimum atomic E-state index is -0.686. The van der Waals surface area contributed by atoms with Crippen LogP contribution in [0.5, 0.6) is 5.75 Å². The van der Waals surface area contributed by atoms with Gasteiger partial charge in [-0.1, -0.05) is 24.3 Å². The van der Waals surface area contributed by atoms with Crippen LogP contribution >= 0.6 is 0 Å². The van der Waals surface area contributed by atoms with Crippen molar-refractivity contribution >= 4 is 17.6 Å². The highest BCUT2D eigenvalue weighted by Crippen LogP contribution is 2.30. The SMILES string of the molecule is COC(=O)c1ccccc1NC(=O)C(C)Oc1cccc2c1CCCC2. The van der Waals surface area contributed by atoms with Crippen LogP contribution in [0.3, 0.4) is 0 Å². The van der Waals surface area contributed by atoms with Crippen molar-refractivity contribution in [2.45, 2.75) is 38.7 Å². The first-order valence-corrected chi connectivity index (χ1v) is 8.85. The Kier molecular flexibility index (Phi) is 5.56. The van der Waals surface area contributed by atoms with Crippen LogP contribution in [-0.2, 0) is 22.4 Å². The van der Waals surface area contributed by atoms with Gasteiger partial charge in [-0.05, 0) is 61.9 Å². The van der Waals surface area contributed by atoms with Crippen molar-refractivity contribution in [3.8, 4) is 5.75 Å². The molecule has 2 aromatic rings. The second-order valence-electron chi connectivity index (χ2n) is 6.39. The van der Waals surface area contributed by atoms with Crippen LogP contribution < -0.4 is 10.1 Å². The summed E-state index contributed by atoms with van der Waals surface area (Å²) in [4.78, 5) is 24.4. The molecule has 0 bridgehead atoms. The Morgan fingerprint density at radius 1 is 1.04 bits per heavy atom. The molecule has 1 amide bonds. The molecule has 0 heterocycles. The van der Waals surface area contributed by atoms with Crippen molar-refractivity contribution in [1.29, 1.82) is 0 Å². The molecule has 0 saturated carbocycles. The molecule has 3 rings (SSSR count). The van der Waals surface area contributed by atoms with Gasteiger partial charge in [-0.3, -0.25) is 4.79 Å². The number of rotatable bonds is 5. The topological polar surface area (TPSA) is 64.6 Å². The van der Waals surface area contributed by atoms with Gasteiger partial charge in [-0.2, -0.15) is 0 Å². The predicted octanol–water partition coefficient (Wildman–Crippen LogP) is 3.76. The molecule has 1 atom stereocenters. The third-order valence-electron chi connectivity index (χ3n) is 4.62. The molecule has 0 aromatic heterocycles. The fraction of sp³-hybridized carbons (Fsp3) is 0.333. The van der Waals surface area contributed by atoms with Gasteiger partial charge in [-0.15, -0.1) is 0 Å². The van der Waals surface area contributed by atoms with E-state index >= 15 is 0 Å². The van der Waals surface area contributed by atoms with E-state index in [2.05, 4.69) is 11.4 Å². The van der Waals surface area contributed by atoms with E-state index in [9.17, 15) is 9.59 Å². The van der Waals surface area contributed by atoms with Crippen molar-refractivity contribution in [2.24, 2.45) is 0 Å². The average molecular weight is 353 g/mol. The van der Waals surface area contributed by atoms with Gasteiger partial charge in [-0.25, -0.2) is 4.79 Å². The summed E-state index contributed by atoms with van der Waals surface area (Å²) in [6.45, 7) is 1.71. The number of anilines is 1. The third kappa shape index (κ3) is 3.87. The number of carbonyl (C=O) groups excluding carboxylic acids is 2. The summed E-state index contributed by atoms with van der Waals surface area (Å²) >= 11 is 0. The maximum absolute atomic E-state index is 12.6. The summed E-state index contributed by atoms with van der Waals surface area (Å²) < 4.78 is 10.7. The van der Waals surface area contributed by atoms with Crippen molar-refractivity contribution in [3.05, 3.63) is 59.2 Å². The lowest BCUT2D eigenvalue weighted by Gasteiger charge is -2.22. The first-order valence-electron chi connectivity index (χ1n) is 8.85. The molecule has 1 aliphatic carbocycles. The van der Waals surface area contributed by atoms with Gasteiger partial charge in [0.25, 0.3) is 5.91 Å². The summed E-state index contributed by atoms with van der Waals surface area (Å²) in [6.07, 6.45) is 3.68. The third-order valence-corrected chi connectivity index (χ3v) is 4.62. The lowest BCUT2D eigenvalue weighted by Crippen LogP contribution is -2.31. The standard InChI is InChI=1S/C21H23NO4/c1-14(26-19-13-7-9-15-8-3-4-10-16(15)19)20(23)22-18-12-6-5-11-17(18)21(24)25-2/h5-7,9,11-14H,3-4,8,10H2,1-2H3,(H,22,23). The average Bonchev–Trinajstić information content (AvgIpc) is 2.68. The molecule has 5 heteroatoms. The zero-order chi connectivity index (χ0) is 18.5. The van der Waals surface area contributed by atoms with Crippen LogP contribution in [-0.4, -0.2) is 25.1 Å². The van der Waals surface area contributed by atoms with E-state index in [4.69, 9.17) is 9.47 Å². The van der Waals surface area contributed by atoms with E-state index in [1.54, 1.807) is 31.2 Å². The lowest BCUT2D eigenvalue weighted by molar-refractivity contribution is -0.122. The van der Waals surface area contributed by atoms with E-state index in [0.717, 1.165) is 25.0 Å². The Morgan fingerprint density at radius 3 is 2.62 bits per heavy atom. The van der Waals surface area contributed by atoms with Crippen LogP contribution in [0, 0.1) is 0 Å². The number of carbonyl (C=O) groups is 2. The Bertz CT molecular complexity index is 815. The zero-order valence-electron chi connectivity index (χ0n) is 15.1. The van der Waals surface area contributed by atoms with Crippen LogP contribution in [0.25, 0.3) is 0 Å². The van der Waals surface area contributed by atoms with E-state index in [-0.39, 0.29) is 5.91 Å². The summed E-state index contributed by atoms with van der Waals surface area (Å²) in [6, 6.07) is 12.8.